The van der Waals surface area contributed by atoms with Crippen LogP contribution >= 0.6 is 24.0 Å². The highest BCUT2D eigenvalue weighted by molar-refractivity contribution is 14.0. The Labute approximate surface area is 179 Å². The van der Waals surface area contributed by atoms with Crippen LogP contribution < -0.4 is 14.8 Å². The fraction of sp³-hybridized carbons (Fsp3) is 0.381. The maximum absolute atomic E-state index is 5.43. The lowest BCUT2D eigenvalue weighted by molar-refractivity contribution is 0.396. The molecule has 0 radical (unpaired) electrons. The van der Waals surface area contributed by atoms with Crippen molar-refractivity contribution in [2.45, 2.75) is 19.9 Å². The molecule has 148 valence electrons. The lowest BCUT2D eigenvalue weighted by atomic mass is 10.1. The van der Waals surface area contributed by atoms with E-state index in [4.69, 9.17) is 9.47 Å². The van der Waals surface area contributed by atoms with Crippen LogP contribution in [-0.2, 0) is 13.0 Å². The van der Waals surface area contributed by atoms with Gasteiger partial charge in [0.2, 0.25) is 0 Å². The molecule has 5 nitrogen and oxygen atoms in total. The molecular weight excluding hydrogens is 453 g/mol. The summed E-state index contributed by atoms with van der Waals surface area (Å²) in [5.41, 5.74) is 3.52. The van der Waals surface area contributed by atoms with Crippen molar-refractivity contribution in [3.8, 4) is 11.5 Å². The molecule has 1 N–H and O–H groups in total. The van der Waals surface area contributed by atoms with Gasteiger partial charge in [-0.05, 0) is 36.6 Å². The summed E-state index contributed by atoms with van der Waals surface area (Å²) in [6.07, 6.45) is 0.901. The minimum Gasteiger partial charge on any atom is -0.496 e. The number of hydrogen-bond acceptors (Lipinski definition) is 3. The molecule has 0 aromatic heterocycles. The average Bonchev–Trinajstić information content (AvgIpc) is 2.66. The number of methoxy groups -OCH3 is 2. The van der Waals surface area contributed by atoms with E-state index < -0.39 is 0 Å². The van der Waals surface area contributed by atoms with Crippen molar-refractivity contribution in [1.29, 1.82) is 0 Å². The van der Waals surface area contributed by atoms with E-state index in [0.717, 1.165) is 48.1 Å². The normalized spacial score (nSPS) is 10.8. The number of rotatable bonds is 7. The Kier molecular flexibility index (Phi) is 9.99. The van der Waals surface area contributed by atoms with E-state index >= 15 is 0 Å². The van der Waals surface area contributed by atoms with Crippen LogP contribution in [0.5, 0.6) is 11.5 Å². The Bertz CT molecular complexity index is 750. The molecule has 6 heteroatoms. The van der Waals surface area contributed by atoms with Gasteiger partial charge in [0.05, 0.1) is 14.2 Å². The number of ether oxygens (including phenoxy) is 2. The first-order valence-electron chi connectivity index (χ1n) is 8.76. The Morgan fingerprint density at radius 3 is 2.44 bits per heavy atom. The molecule has 0 aliphatic rings. The van der Waals surface area contributed by atoms with Gasteiger partial charge in [0.25, 0.3) is 0 Å². The van der Waals surface area contributed by atoms with Crippen molar-refractivity contribution in [3.63, 3.8) is 0 Å². The highest BCUT2D eigenvalue weighted by Crippen LogP contribution is 2.20. The van der Waals surface area contributed by atoms with Gasteiger partial charge in [-0.25, -0.2) is 0 Å². The van der Waals surface area contributed by atoms with Crippen molar-refractivity contribution >= 4 is 29.9 Å². The second kappa shape index (κ2) is 11.7. The van der Waals surface area contributed by atoms with E-state index in [2.05, 4.69) is 46.4 Å². The van der Waals surface area contributed by atoms with Crippen molar-refractivity contribution in [3.05, 3.63) is 59.2 Å². The third kappa shape index (κ3) is 6.61. The second-order valence-electron chi connectivity index (χ2n) is 6.20. The van der Waals surface area contributed by atoms with E-state index in [-0.39, 0.29) is 24.0 Å². The van der Waals surface area contributed by atoms with Gasteiger partial charge in [-0.2, -0.15) is 0 Å². The Morgan fingerprint density at radius 1 is 1.07 bits per heavy atom. The summed E-state index contributed by atoms with van der Waals surface area (Å²) in [6, 6.07) is 14.4. The minimum atomic E-state index is 0. The lowest BCUT2D eigenvalue weighted by Gasteiger charge is -2.23. The first-order valence-corrected chi connectivity index (χ1v) is 8.76. The summed E-state index contributed by atoms with van der Waals surface area (Å²) in [6.45, 7) is 3.58. The molecule has 2 aromatic carbocycles. The number of para-hydroxylation sites is 1. The number of nitrogens with one attached hydrogen (secondary N) is 1. The van der Waals surface area contributed by atoms with Gasteiger partial charge in [0.1, 0.15) is 11.5 Å². The molecule has 0 bridgehead atoms. The van der Waals surface area contributed by atoms with Gasteiger partial charge in [-0.15, -0.1) is 24.0 Å². The second-order valence-corrected chi connectivity index (χ2v) is 6.20. The predicted molar refractivity (Wildman–Crippen MR) is 123 cm³/mol. The van der Waals surface area contributed by atoms with Crippen molar-refractivity contribution in [1.82, 2.24) is 10.2 Å². The first kappa shape index (κ1) is 23.1. The first-order chi connectivity index (χ1) is 12.6. The van der Waals surface area contributed by atoms with Crippen molar-refractivity contribution in [2.75, 3.05) is 34.9 Å². The molecule has 27 heavy (non-hydrogen) atoms. The molecule has 0 saturated heterocycles. The summed E-state index contributed by atoms with van der Waals surface area (Å²) < 4.78 is 10.8. The quantitative estimate of drug-likeness (QED) is 0.369. The van der Waals surface area contributed by atoms with Crippen LogP contribution in [-0.4, -0.2) is 45.7 Å². The smallest absolute Gasteiger partial charge is 0.193 e. The average molecular weight is 483 g/mol. The molecule has 0 saturated carbocycles. The van der Waals surface area contributed by atoms with Gasteiger partial charge >= 0.3 is 0 Å². The van der Waals surface area contributed by atoms with Crippen LogP contribution in [0.2, 0.25) is 0 Å². The standard InChI is InChI=1S/C21H29N3O2.HI/c1-16-10-11-17(14-20(16)26-5)12-13-23-21(22-2)24(3)15-18-8-6-7-9-19(18)25-4;/h6-11,14H,12-13,15H2,1-5H3,(H,22,23);1H. The third-order valence-corrected chi connectivity index (χ3v) is 4.34. The predicted octanol–water partition coefficient (Wildman–Crippen LogP) is 3.88. The number of guanidine groups is 1. The van der Waals surface area contributed by atoms with Crippen LogP contribution in [0, 0.1) is 6.92 Å². The molecule has 0 aliphatic heterocycles. The summed E-state index contributed by atoms with van der Waals surface area (Å²) in [4.78, 5) is 6.48. The zero-order valence-corrected chi connectivity index (χ0v) is 19.1. The molecule has 0 unspecified atom stereocenters. The van der Waals surface area contributed by atoms with E-state index in [9.17, 15) is 0 Å². The molecular formula is C21H30IN3O2. The molecule has 0 heterocycles. The monoisotopic (exact) mass is 483 g/mol. The SMILES string of the molecule is CN=C(NCCc1ccc(C)c(OC)c1)N(C)Cc1ccccc1OC.I. The largest absolute Gasteiger partial charge is 0.496 e. The maximum atomic E-state index is 5.43. The van der Waals surface area contributed by atoms with E-state index in [1.807, 2.05) is 25.2 Å². The molecule has 2 rings (SSSR count). The summed E-state index contributed by atoms with van der Waals surface area (Å²) in [5.74, 6) is 2.68. The number of aryl methyl sites for hydroxylation is 1. The van der Waals surface area contributed by atoms with Crippen LogP contribution in [0.3, 0.4) is 0 Å². The summed E-state index contributed by atoms with van der Waals surface area (Å²) >= 11 is 0. The molecule has 2 aromatic rings. The lowest BCUT2D eigenvalue weighted by Crippen LogP contribution is -2.39. The fourth-order valence-electron chi connectivity index (χ4n) is 2.89. The Morgan fingerprint density at radius 2 is 1.78 bits per heavy atom. The zero-order valence-electron chi connectivity index (χ0n) is 16.8. The topological polar surface area (TPSA) is 46.1 Å². The highest BCUT2D eigenvalue weighted by atomic mass is 127. The van der Waals surface area contributed by atoms with Crippen molar-refractivity contribution in [2.24, 2.45) is 4.99 Å². The highest BCUT2D eigenvalue weighted by Gasteiger charge is 2.10. The number of hydrogen-bond donors (Lipinski definition) is 1. The number of halogens is 1. The molecule has 0 aliphatic carbocycles. The van der Waals surface area contributed by atoms with Crippen LogP contribution in [0.25, 0.3) is 0 Å². The van der Waals surface area contributed by atoms with Gasteiger partial charge in [-0.3, -0.25) is 4.99 Å². The van der Waals surface area contributed by atoms with Gasteiger partial charge in [-0.1, -0.05) is 30.3 Å². The molecule has 0 spiro atoms. The van der Waals surface area contributed by atoms with Crippen LogP contribution in [0.1, 0.15) is 16.7 Å². The van der Waals surface area contributed by atoms with Gasteiger partial charge in [0.15, 0.2) is 5.96 Å². The van der Waals surface area contributed by atoms with Crippen molar-refractivity contribution < 1.29 is 9.47 Å². The molecule has 0 amide bonds. The van der Waals surface area contributed by atoms with E-state index in [1.165, 1.54) is 5.56 Å². The van der Waals surface area contributed by atoms with E-state index in [1.54, 1.807) is 21.3 Å². The third-order valence-electron chi connectivity index (χ3n) is 4.34. The van der Waals surface area contributed by atoms with E-state index in [0.29, 0.717) is 0 Å². The van der Waals surface area contributed by atoms with Gasteiger partial charge < -0.3 is 19.7 Å². The number of nitrogens with zero attached hydrogens (tertiary/aromatic N) is 2. The van der Waals surface area contributed by atoms with Crippen LogP contribution in [0.4, 0.5) is 0 Å². The summed E-state index contributed by atoms with van der Waals surface area (Å²) in [5, 5.41) is 3.42. The number of benzene rings is 2. The summed E-state index contributed by atoms with van der Waals surface area (Å²) in [7, 11) is 7.23. The molecule has 0 atom stereocenters. The Hall–Kier alpha value is -1.96. The zero-order chi connectivity index (χ0) is 18.9. The molecule has 0 fully saturated rings. The maximum Gasteiger partial charge on any atom is 0.193 e. The number of aliphatic imine (C=N–C) groups is 1. The Balaban J connectivity index is 0.00000364. The fourth-order valence-corrected chi connectivity index (χ4v) is 2.89. The van der Waals surface area contributed by atoms with Crippen LogP contribution in [0.15, 0.2) is 47.5 Å². The minimum absolute atomic E-state index is 0. The van der Waals surface area contributed by atoms with Gasteiger partial charge in [0, 0.05) is 32.7 Å².